The van der Waals surface area contributed by atoms with E-state index in [0.717, 1.165) is 4.88 Å². The fraction of sp³-hybridized carbons (Fsp3) is 0.176. The summed E-state index contributed by atoms with van der Waals surface area (Å²) >= 11 is 2.87. The average Bonchev–Trinajstić information content (AvgIpc) is 3.46. The maximum atomic E-state index is 5.63. The van der Waals surface area contributed by atoms with Gasteiger partial charge in [0.2, 0.25) is 11.7 Å². The van der Waals surface area contributed by atoms with E-state index >= 15 is 0 Å². The van der Waals surface area contributed by atoms with Crippen molar-refractivity contribution in [3.05, 3.63) is 41.6 Å². The van der Waals surface area contributed by atoms with Crippen LogP contribution in [0, 0.1) is 0 Å². The predicted molar refractivity (Wildman–Crippen MR) is 100 cm³/mol. The SMILES string of the molecule is COc1cccc(-c2noc(CSc3nnc(-c4cccs4)o3)n2)c1OC. The lowest BCUT2D eigenvalue weighted by molar-refractivity contribution is 0.355. The first-order valence-electron chi connectivity index (χ1n) is 7.82. The summed E-state index contributed by atoms with van der Waals surface area (Å²) in [4.78, 5) is 5.34. The zero-order chi connectivity index (χ0) is 18.6. The third-order valence-electron chi connectivity index (χ3n) is 3.57. The first kappa shape index (κ1) is 17.6. The summed E-state index contributed by atoms with van der Waals surface area (Å²) in [5.74, 6) is 2.92. The molecule has 0 saturated heterocycles. The molecule has 0 radical (unpaired) electrons. The zero-order valence-corrected chi connectivity index (χ0v) is 16.0. The third kappa shape index (κ3) is 3.67. The van der Waals surface area contributed by atoms with E-state index in [0.29, 0.717) is 45.6 Å². The quantitative estimate of drug-likeness (QED) is 0.422. The Balaban J connectivity index is 1.48. The maximum absolute atomic E-state index is 5.63. The lowest BCUT2D eigenvalue weighted by Crippen LogP contribution is -1.94. The van der Waals surface area contributed by atoms with Gasteiger partial charge >= 0.3 is 0 Å². The van der Waals surface area contributed by atoms with Gasteiger partial charge in [0, 0.05) is 0 Å². The van der Waals surface area contributed by atoms with Crippen molar-refractivity contribution in [1.82, 2.24) is 20.3 Å². The molecule has 0 aliphatic carbocycles. The van der Waals surface area contributed by atoms with Crippen molar-refractivity contribution >= 4 is 23.1 Å². The van der Waals surface area contributed by atoms with Crippen LogP contribution in [0.15, 0.2) is 49.9 Å². The topological polar surface area (TPSA) is 96.3 Å². The van der Waals surface area contributed by atoms with Crippen molar-refractivity contribution < 1.29 is 18.4 Å². The minimum Gasteiger partial charge on any atom is -0.493 e. The van der Waals surface area contributed by atoms with Gasteiger partial charge in [-0.1, -0.05) is 29.1 Å². The number of hydrogen-bond donors (Lipinski definition) is 0. The van der Waals surface area contributed by atoms with Gasteiger partial charge in [-0.15, -0.1) is 21.5 Å². The molecule has 10 heteroatoms. The summed E-state index contributed by atoms with van der Waals surface area (Å²) in [7, 11) is 3.15. The highest BCUT2D eigenvalue weighted by atomic mass is 32.2. The van der Waals surface area contributed by atoms with Gasteiger partial charge in [-0.05, 0) is 23.6 Å². The number of thiophene rings is 1. The molecule has 1 aromatic carbocycles. The van der Waals surface area contributed by atoms with Crippen LogP contribution in [-0.2, 0) is 5.75 Å². The second-order valence-electron chi connectivity index (χ2n) is 5.19. The van der Waals surface area contributed by atoms with E-state index in [1.807, 2.05) is 29.6 Å². The summed E-state index contributed by atoms with van der Waals surface area (Å²) in [6, 6.07) is 9.35. The van der Waals surface area contributed by atoms with Gasteiger partial charge in [-0.2, -0.15) is 4.98 Å². The Hall–Kier alpha value is -2.85. The predicted octanol–water partition coefficient (Wildman–Crippen LogP) is 4.16. The Morgan fingerprint density at radius 3 is 2.81 bits per heavy atom. The summed E-state index contributed by atoms with van der Waals surface area (Å²) in [5.41, 5.74) is 0.689. The lowest BCUT2D eigenvalue weighted by atomic mass is 10.2. The minimum atomic E-state index is 0.408. The molecule has 0 bridgehead atoms. The van der Waals surface area contributed by atoms with Crippen molar-refractivity contribution in [1.29, 1.82) is 0 Å². The first-order chi connectivity index (χ1) is 13.3. The molecule has 0 amide bonds. The minimum absolute atomic E-state index is 0.408. The van der Waals surface area contributed by atoms with Crippen LogP contribution in [0.4, 0.5) is 0 Å². The van der Waals surface area contributed by atoms with Crippen LogP contribution in [0.1, 0.15) is 5.89 Å². The fourth-order valence-electron chi connectivity index (χ4n) is 2.38. The molecular formula is C17H14N4O4S2. The molecule has 0 aliphatic rings. The Morgan fingerprint density at radius 2 is 2.04 bits per heavy atom. The Labute approximate surface area is 162 Å². The number of benzene rings is 1. The number of methoxy groups -OCH3 is 2. The van der Waals surface area contributed by atoms with Gasteiger partial charge in [0.05, 0.1) is 30.4 Å². The van der Waals surface area contributed by atoms with Crippen molar-refractivity contribution in [2.75, 3.05) is 14.2 Å². The van der Waals surface area contributed by atoms with Crippen molar-refractivity contribution in [3.63, 3.8) is 0 Å². The fourth-order valence-corrected chi connectivity index (χ4v) is 3.62. The number of aromatic nitrogens is 4. The number of rotatable bonds is 7. The van der Waals surface area contributed by atoms with Crippen LogP contribution in [0.3, 0.4) is 0 Å². The average molecular weight is 402 g/mol. The maximum Gasteiger partial charge on any atom is 0.277 e. The zero-order valence-electron chi connectivity index (χ0n) is 14.4. The number of para-hydroxylation sites is 1. The molecule has 3 aromatic heterocycles. The van der Waals surface area contributed by atoms with E-state index in [-0.39, 0.29) is 0 Å². The van der Waals surface area contributed by atoms with Crippen LogP contribution in [-0.4, -0.2) is 34.6 Å². The highest BCUT2D eigenvalue weighted by Gasteiger charge is 2.18. The molecular weight excluding hydrogens is 388 g/mol. The van der Waals surface area contributed by atoms with Gasteiger partial charge in [0.1, 0.15) is 0 Å². The van der Waals surface area contributed by atoms with Gasteiger partial charge in [-0.3, -0.25) is 0 Å². The van der Waals surface area contributed by atoms with Gasteiger partial charge in [-0.25, -0.2) is 0 Å². The molecule has 0 atom stereocenters. The second-order valence-corrected chi connectivity index (χ2v) is 7.07. The largest absolute Gasteiger partial charge is 0.493 e. The monoisotopic (exact) mass is 402 g/mol. The smallest absolute Gasteiger partial charge is 0.277 e. The second kappa shape index (κ2) is 7.80. The molecule has 0 N–H and O–H groups in total. The first-order valence-corrected chi connectivity index (χ1v) is 9.69. The number of ether oxygens (including phenoxy) is 2. The van der Waals surface area contributed by atoms with E-state index in [4.69, 9.17) is 18.4 Å². The Morgan fingerprint density at radius 1 is 1.11 bits per heavy atom. The summed E-state index contributed by atoms with van der Waals surface area (Å²) in [5, 5.41) is 14.5. The van der Waals surface area contributed by atoms with Crippen molar-refractivity contribution in [2.24, 2.45) is 0 Å². The normalized spacial score (nSPS) is 10.9. The van der Waals surface area contributed by atoms with E-state index < -0.39 is 0 Å². The molecule has 4 aromatic rings. The molecule has 0 fully saturated rings. The number of thioether (sulfide) groups is 1. The van der Waals surface area contributed by atoms with E-state index in [1.165, 1.54) is 11.8 Å². The molecule has 0 unspecified atom stereocenters. The van der Waals surface area contributed by atoms with Crippen LogP contribution in [0.5, 0.6) is 11.5 Å². The van der Waals surface area contributed by atoms with E-state index in [1.54, 1.807) is 31.6 Å². The van der Waals surface area contributed by atoms with Crippen molar-refractivity contribution in [3.8, 4) is 33.7 Å². The molecule has 0 spiro atoms. The summed E-state index contributed by atoms with van der Waals surface area (Å²) in [6.07, 6.45) is 0. The molecule has 27 heavy (non-hydrogen) atoms. The molecule has 138 valence electrons. The van der Waals surface area contributed by atoms with Crippen molar-refractivity contribution in [2.45, 2.75) is 11.0 Å². The van der Waals surface area contributed by atoms with Crippen LogP contribution < -0.4 is 9.47 Å². The molecule has 0 aliphatic heterocycles. The number of hydrogen-bond acceptors (Lipinski definition) is 10. The van der Waals surface area contributed by atoms with E-state index in [9.17, 15) is 0 Å². The van der Waals surface area contributed by atoms with E-state index in [2.05, 4.69) is 20.3 Å². The molecule has 0 saturated carbocycles. The highest BCUT2D eigenvalue weighted by molar-refractivity contribution is 7.98. The highest BCUT2D eigenvalue weighted by Crippen LogP contribution is 2.36. The lowest BCUT2D eigenvalue weighted by Gasteiger charge is -2.09. The standard InChI is InChI=1S/C17H14N4O4S2/c1-22-11-6-3-5-10(14(11)23-2)15-18-13(25-21-15)9-27-17-20-19-16(24-17)12-7-4-8-26-12/h3-8H,9H2,1-2H3. The summed E-state index contributed by atoms with van der Waals surface area (Å²) in [6.45, 7) is 0. The van der Waals surface area contributed by atoms with Gasteiger partial charge in [0.25, 0.3) is 11.1 Å². The summed E-state index contributed by atoms with van der Waals surface area (Å²) < 4.78 is 21.7. The van der Waals surface area contributed by atoms with Crippen LogP contribution >= 0.6 is 23.1 Å². The third-order valence-corrected chi connectivity index (χ3v) is 5.23. The number of nitrogens with zero attached hydrogens (tertiary/aromatic N) is 4. The van der Waals surface area contributed by atoms with Crippen LogP contribution in [0.2, 0.25) is 0 Å². The van der Waals surface area contributed by atoms with Gasteiger partial charge in [0.15, 0.2) is 11.5 Å². The molecule has 3 heterocycles. The van der Waals surface area contributed by atoms with Crippen LogP contribution in [0.25, 0.3) is 22.2 Å². The Bertz CT molecular complexity index is 1030. The Kier molecular flexibility index (Phi) is 5.07. The molecule has 4 rings (SSSR count). The molecule has 8 nitrogen and oxygen atoms in total. The van der Waals surface area contributed by atoms with Gasteiger partial charge < -0.3 is 18.4 Å².